The van der Waals surface area contributed by atoms with Gasteiger partial charge in [0.1, 0.15) is 0 Å². The zero-order valence-electron chi connectivity index (χ0n) is 10.7. The molecule has 2 aromatic heterocycles. The van der Waals surface area contributed by atoms with E-state index in [1.165, 1.54) is 32.3 Å². The van der Waals surface area contributed by atoms with Crippen molar-refractivity contribution < 1.29 is 0 Å². The van der Waals surface area contributed by atoms with Crippen LogP contribution in [0, 0.1) is 0 Å². The van der Waals surface area contributed by atoms with Gasteiger partial charge in [0.15, 0.2) is 0 Å². The van der Waals surface area contributed by atoms with Gasteiger partial charge in [-0.15, -0.1) is 0 Å². The number of nitrogens with zero attached hydrogens (tertiary/aromatic N) is 2. The smallest absolute Gasteiger partial charge is 0.0794 e. The maximum absolute atomic E-state index is 4.63. The van der Waals surface area contributed by atoms with Gasteiger partial charge in [-0.3, -0.25) is 9.97 Å². The van der Waals surface area contributed by atoms with Crippen molar-refractivity contribution in [3.8, 4) is 0 Å². The fourth-order valence-corrected chi connectivity index (χ4v) is 3.26. The second-order valence-corrected chi connectivity index (χ2v) is 5.13. The standard InChI is InChI=1S/C18H10N2/c1-3-11-7-9-20-18-14-6-2-4-12-8-10-19-17(16(12)14)13(5-1)15(11)18/h1-10H. The van der Waals surface area contributed by atoms with E-state index in [0.717, 1.165) is 11.0 Å². The molecule has 0 aliphatic carbocycles. The summed E-state index contributed by atoms with van der Waals surface area (Å²) in [5, 5.41) is 7.26. The molecule has 0 saturated carbocycles. The Labute approximate surface area is 115 Å². The summed E-state index contributed by atoms with van der Waals surface area (Å²) in [5.74, 6) is 0. The Morgan fingerprint density at radius 1 is 0.550 bits per heavy atom. The topological polar surface area (TPSA) is 25.8 Å². The maximum atomic E-state index is 4.63. The molecule has 92 valence electrons. The second kappa shape index (κ2) is 3.42. The summed E-state index contributed by atoms with van der Waals surface area (Å²) in [5.41, 5.74) is 2.15. The lowest BCUT2D eigenvalue weighted by atomic mass is 9.95. The van der Waals surface area contributed by atoms with Crippen LogP contribution in [-0.2, 0) is 0 Å². The van der Waals surface area contributed by atoms with Crippen molar-refractivity contribution in [3.05, 3.63) is 60.9 Å². The predicted molar refractivity (Wildman–Crippen MR) is 83.2 cm³/mol. The van der Waals surface area contributed by atoms with Crippen LogP contribution in [0.15, 0.2) is 60.9 Å². The summed E-state index contributed by atoms with van der Waals surface area (Å²) in [4.78, 5) is 9.27. The summed E-state index contributed by atoms with van der Waals surface area (Å²) in [6.07, 6.45) is 3.78. The minimum atomic E-state index is 1.07. The third-order valence-electron chi connectivity index (χ3n) is 4.09. The molecule has 0 N–H and O–H groups in total. The van der Waals surface area contributed by atoms with Gasteiger partial charge in [0.2, 0.25) is 0 Å². The molecule has 0 unspecified atom stereocenters. The average Bonchev–Trinajstić information content (AvgIpc) is 2.52. The van der Waals surface area contributed by atoms with Crippen LogP contribution in [0.5, 0.6) is 0 Å². The van der Waals surface area contributed by atoms with Crippen molar-refractivity contribution in [2.75, 3.05) is 0 Å². The fraction of sp³-hybridized carbons (Fsp3) is 0. The van der Waals surface area contributed by atoms with E-state index in [1.807, 2.05) is 12.4 Å². The molecular formula is C18H10N2. The van der Waals surface area contributed by atoms with Crippen molar-refractivity contribution in [1.82, 2.24) is 9.97 Å². The molecule has 0 radical (unpaired) electrons. The van der Waals surface area contributed by atoms with Crippen molar-refractivity contribution >= 4 is 43.4 Å². The van der Waals surface area contributed by atoms with Crippen molar-refractivity contribution in [3.63, 3.8) is 0 Å². The lowest BCUT2D eigenvalue weighted by molar-refractivity contribution is 1.42. The molecule has 20 heavy (non-hydrogen) atoms. The molecule has 0 fully saturated rings. The van der Waals surface area contributed by atoms with Gasteiger partial charge in [0, 0.05) is 33.9 Å². The van der Waals surface area contributed by atoms with Gasteiger partial charge in [-0.2, -0.15) is 0 Å². The van der Waals surface area contributed by atoms with E-state index in [2.05, 4.69) is 58.5 Å². The highest BCUT2D eigenvalue weighted by atomic mass is 14.7. The normalized spacial score (nSPS) is 12.0. The number of hydrogen-bond acceptors (Lipinski definition) is 2. The maximum Gasteiger partial charge on any atom is 0.0794 e. The monoisotopic (exact) mass is 254 g/mol. The molecule has 0 aliphatic heterocycles. The van der Waals surface area contributed by atoms with E-state index >= 15 is 0 Å². The van der Waals surface area contributed by atoms with Gasteiger partial charge in [-0.1, -0.05) is 36.4 Å². The lowest BCUT2D eigenvalue weighted by Gasteiger charge is -2.12. The molecule has 0 bridgehead atoms. The van der Waals surface area contributed by atoms with Crippen LogP contribution >= 0.6 is 0 Å². The number of hydrogen-bond donors (Lipinski definition) is 0. The minimum Gasteiger partial charge on any atom is -0.256 e. The van der Waals surface area contributed by atoms with Crippen molar-refractivity contribution in [2.24, 2.45) is 0 Å². The molecular weight excluding hydrogens is 244 g/mol. The van der Waals surface area contributed by atoms with E-state index in [-0.39, 0.29) is 0 Å². The first kappa shape index (κ1) is 10.1. The molecule has 3 aromatic carbocycles. The molecule has 0 aliphatic rings. The van der Waals surface area contributed by atoms with Gasteiger partial charge in [0.25, 0.3) is 0 Å². The van der Waals surface area contributed by atoms with Crippen LogP contribution in [0.4, 0.5) is 0 Å². The van der Waals surface area contributed by atoms with E-state index in [0.29, 0.717) is 0 Å². The van der Waals surface area contributed by atoms with E-state index in [1.54, 1.807) is 0 Å². The van der Waals surface area contributed by atoms with Crippen LogP contribution < -0.4 is 0 Å². The second-order valence-electron chi connectivity index (χ2n) is 5.13. The first-order valence-electron chi connectivity index (χ1n) is 6.70. The number of rotatable bonds is 0. The third-order valence-corrected chi connectivity index (χ3v) is 4.09. The summed E-state index contributed by atoms with van der Waals surface area (Å²) < 4.78 is 0. The molecule has 2 heterocycles. The number of aromatic nitrogens is 2. The average molecular weight is 254 g/mol. The summed E-state index contributed by atoms with van der Waals surface area (Å²) in [6.45, 7) is 0. The minimum absolute atomic E-state index is 1.07. The third kappa shape index (κ3) is 1.09. The first-order chi connectivity index (χ1) is 9.93. The molecule has 0 amide bonds. The molecule has 2 nitrogen and oxygen atoms in total. The lowest BCUT2D eigenvalue weighted by Crippen LogP contribution is -1.90. The van der Waals surface area contributed by atoms with Gasteiger partial charge in [0.05, 0.1) is 11.0 Å². The quantitative estimate of drug-likeness (QED) is 0.300. The largest absolute Gasteiger partial charge is 0.256 e. The highest BCUT2D eigenvalue weighted by Crippen LogP contribution is 2.37. The van der Waals surface area contributed by atoms with Crippen LogP contribution in [-0.4, -0.2) is 9.97 Å². The number of fused-ring (bicyclic) bond motifs is 2. The van der Waals surface area contributed by atoms with Gasteiger partial charge in [-0.05, 0) is 22.9 Å². The molecule has 0 spiro atoms. The first-order valence-corrected chi connectivity index (χ1v) is 6.70. The highest BCUT2D eigenvalue weighted by molar-refractivity contribution is 6.30. The van der Waals surface area contributed by atoms with Gasteiger partial charge in [-0.25, -0.2) is 0 Å². The summed E-state index contributed by atoms with van der Waals surface area (Å²) in [6, 6.07) is 16.9. The van der Waals surface area contributed by atoms with E-state index in [4.69, 9.17) is 0 Å². The summed E-state index contributed by atoms with van der Waals surface area (Å²) >= 11 is 0. The Kier molecular flexibility index (Phi) is 1.73. The molecule has 5 rings (SSSR count). The Hall–Kier alpha value is -2.74. The Morgan fingerprint density at radius 2 is 1.05 bits per heavy atom. The fourth-order valence-electron chi connectivity index (χ4n) is 3.26. The zero-order chi connectivity index (χ0) is 13.1. The van der Waals surface area contributed by atoms with Gasteiger partial charge >= 0.3 is 0 Å². The number of pyridine rings is 2. The van der Waals surface area contributed by atoms with Crippen molar-refractivity contribution in [1.29, 1.82) is 0 Å². The van der Waals surface area contributed by atoms with Crippen molar-refractivity contribution in [2.45, 2.75) is 0 Å². The van der Waals surface area contributed by atoms with Crippen LogP contribution in [0.3, 0.4) is 0 Å². The van der Waals surface area contributed by atoms with Gasteiger partial charge < -0.3 is 0 Å². The summed E-state index contributed by atoms with van der Waals surface area (Å²) in [7, 11) is 0. The Morgan fingerprint density at radius 3 is 1.55 bits per heavy atom. The van der Waals surface area contributed by atoms with E-state index < -0.39 is 0 Å². The Balaban J connectivity index is 2.32. The zero-order valence-corrected chi connectivity index (χ0v) is 10.7. The molecule has 0 atom stereocenters. The van der Waals surface area contributed by atoms with E-state index in [9.17, 15) is 0 Å². The van der Waals surface area contributed by atoms with Crippen LogP contribution in [0.1, 0.15) is 0 Å². The SMILES string of the molecule is c1cc2ccnc3c4cccc5ccnc(c(c1)c23)c54. The van der Waals surface area contributed by atoms with Crippen LogP contribution in [0.2, 0.25) is 0 Å². The number of benzene rings is 3. The van der Waals surface area contributed by atoms with Crippen LogP contribution in [0.25, 0.3) is 43.4 Å². The Bertz CT molecular complexity index is 926. The molecule has 5 aromatic rings. The highest BCUT2D eigenvalue weighted by Gasteiger charge is 2.13. The molecule has 0 saturated heterocycles. The predicted octanol–water partition coefficient (Wildman–Crippen LogP) is 4.53. The molecule has 2 heteroatoms.